The van der Waals surface area contributed by atoms with Gasteiger partial charge in [0, 0.05) is 77.1 Å². The maximum absolute atomic E-state index is 14.6. The van der Waals surface area contributed by atoms with Crippen molar-refractivity contribution in [2.75, 3.05) is 33.7 Å². The van der Waals surface area contributed by atoms with E-state index in [1.807, 2.05) is 6.07 Å². The van der Waals surface area contributed by atoms with Crippen molar-refractivity contribution in [1.82, 2.24) is 41.0 Å². The van der Waals surface area contributed by atoms with Gasteiger partial charge in [-0.15, -0.1) is 0 Å². The van der Waals surface area contributed by atoms with Crippen molar-refractivity contribution in [1.29, 1.82) is 0 Å². The maximum atomic E-state index is 14.6. The number of carbonyl (C=O) groups excluding carboxylic acids is 10. The van der Waals surface area contributed by atoms with Crippen molar-refractivity contribution >= 4 is 58.8 Å². The van der Waals surface area contributed by atoms with Crippen molar-refractivity contribution in [2.45, 2.75) is 123 Å². The number of amides is 6. The number of ether oxygens (including phenoxy) is 1. The lowest BCUT2D eigenvalue weighted by molar-refractivity contribution is -0.141. The summed E-state index contributed by atoms with van der Waals surface area (Å²) >= 11 is 0. The number of nitrogens with zero attached hydrogens (tertiary/aromatic N) is 4. The molecule has 2 heterocycles. The highest BCUT2D eigenvalue weighted by Crippen LogP contribution is 2.34. The molecule has 0 radical (unpaired) electrons. The molecule has 1 saturated carbocycles. The van der Waals surface area contributed by atoms with E-state index in [4.69, 9.17) is 4.74 Å². The largest absolute Gasteiger partial charge is 0.445 e. The number of likely N-dealkylation sites (tertiary alicyclic amines) is 1. The minimum absolute atomic E-state index is 0.0396. The van der Waals surface area contributed by atoms with Crippen LogP contribution in [0.2, 0.25) is 0 Å². The van der Waals surface area contributed by atoms with Crippen LogP contribution in [-0.4, -0.2) is 124 Å². The minimum Gasteiger partial charge on any atom is -0.445 e. The molecule has 4 N–H and O–H groups in total. The van der Waals surface area contributed by atoms with E-state index >= 15 is 0 Å². The number of carbonyl (C=O) groups is 10. The van der Waals surface area contributed by atoms with E-state index in [1.54, 1.807) is 96.4 Å². The predicted octanol–water partition coefficient (Wildman–Crippen LogP) is 4.89. The fourth-order valence-corrected chi connectivity index (χ4v) is 9.55. The number of benzene rings is 2. The standard InChI is InChI=1S/C55H72N8O11/c1-7-17-38(50(69)43(64)24-25-46(67)60-49(53(72)62(5)6)37-22-15-10-16-23-37)28-44(65)39-32-63(47(68)31-58-54(73)74-34-35-18-11-8-12-19-35)33-42(39)59-51(70)40(55(2,3)4)29-45(66)48(36-20-13-9-14-21-36)61-52(71)41-30-56-26-27-57-41/h8,10-12,15-16,18-19,22-23,26-27,30,36,38-40,42,48-49H,7,9,13-14,17,20-21,24-25,28-29,31-34H2,1-6H3,(H,58,73)(H,59,70)(H,60,67)(H,61,71)/t38-,39-,40?,42+,48+,49+/m1/s1. The summed E-state index contributed by atoms with van der Waals surface area (Å²) in [5.41, 5.74) is 0.499. The molecule has 19 heteroatoms. The Bertz CT molecular complexity index is 2440. The van der Waals surface area contributed by atoms with Crippen molar-refractivity contribution < 1.29 is 52.7 Å². The topological polar surface area (TPSA) is 260 Å². The summed E-state index contributed by atoms with van der Waals surface area (Å²) in [5.74, 6) is -8.56. The molecule has 5 rings (SSSR count). The Balaban J connectivity index is 1.32. The van der Waals surface area contributed by atoms with Crippen LogP contribution in [0.5, 0.6) is 0 Å². The number of likely N-dealkylation sites (N-methyl/N-ethyl adjacent to an activating group) is 1. The first kappa shape index (κ1) is 57.7. The average Bonchev–Trinajstić information content (AvgIpc) is 3.82. The fourth-order valence-electron chi connectivity index (χ4n) is 9.55. The van der Waals surface area contributed by atoms with Crippen LogP contribution in [-0.2, 0) is 49.7 Å². The molecule has 1 aliphatic carbocycles. The monoisotopic (exact) mass is 1020 g/mol. The Kier molecular flexibility index (Phi) is 21.6. The van der Waals surface area contributed by atoms with Gasteiger partial charge in [0.1, 0.15) is 30.7 Å². The summed E-state index contributed by atoms with van der Waals surface area (Å²) in [7, 11) is 3.10. The number of hydrogen-bond acceptors (Lipinski definition) is 13. The number of hydrogen-bond donors (Lipinski definition) is 4. The first-order chi connectivity index (χ1) is 35.3. The zero-order valence-electron chi connectivity index (χ0n) is 43.4. The minimum atomic E-state index is -1.08. The van der Waals surface area contributed by atoms with Crippen LogP contribution in [0.15, 0.2) is 79.3 Å². The SMILES string of the molecule is CCC[C@H](CC(=O)[C@@H]1CN(C(=O)CNC(=O)OCc2ccccc2)C[C@@H]1NC(=O)C(CC(=O)[C@@H](NC(=O)c1cnccn1)C1CCCCC1)C(C)(C)C)C(=O)C(=O)CCC(=O)N[C@H](C(=O)N(C)C)c1ccccc1. The van der Waals surface area contributed by atoms with Gasteiger partial charge >= 0.3 is 6.09 Å². The van der Waals surface area contributed by atoms with E-state index in [0.717, 1.165) is 24.8 Å². The Labute approximate surface area is 433 Å². The van der Waals surface area contributed by atoms with Crippen molar-refractivity contribution in [3.63, 3.8) is 0 Å². The zero-order valence-corrected chi connectivity index (χ0v) is 43.4. The van der Waals surface area contributed by atoms with Crippen molar-refractivity contribution in [2.24, 2.45) is 29.1 Å². The third kappa shape index (κ3) is 16.9. The molecular formula is C55H72N8O11. The first-order valence-corrected chi connectivity index (χ1v) is 25.5. The molecule has 6 amide bonds. The van der Waals surface area contributed by atoms with Gasteiger partial charge in [-0.25, -0.2) is 9.78 Å². The third-order valence-corrected chi connectivity index (χ3v) is 13.8. The van der Waals surface area contributed by atoms with Gasteiger partial charge < -0.3 is 35.8 Å². The van der Waals surface area contributed by atoms with Gasteiger partial charge in [-0.3, -0.25) is 48.1 Å². The van der Waals surface area contributed by atoms with E-state index in [2.05, 4.69) is 31.2 Å². The average molecular weight is 1020 g/mol. The second kappa shape index (κ2) is 27.8. The molecule has 2 aliphatic rings. The Morgan fingerprint density at radius 2 is 1.50 bits per heavy atom. The molecular weight excluding hydrogens is 949 g/mol. The van der Waals surface area contributed by atoms with Crippen LogP contribution in [0.4, 0.5) is 4.79 Å². The smallest absolute Gasteiger partial charge is 0.407 e. The predicted molar refractivity (Wildman–Crippen MR) is 272 cm³/mol. The van der Waals surface area contributed by atoms with Gasteiger partial charge in [-0.1, -0.05) is 114 Å². The summed E-state index contributed by atoms with van der Waals surface area (Å²) in [6.45, 7) is 6.32. The molecule has 1 unspecified atom stereocenters. The summed E-state index contributed by atoms with van der Waals surface area (Å²) < 4.78 is 5.27. The molecule has 0 bridgehead atoms. The lowest BCUT2D eigenvalue weighted by atomic mass is 9.74. The van der Waals surface area contributed by atoms with Gasteiger partial charge in [0.15, 0.2) is 11.6 Å². The molecule has 74 heavy (non-hydrogen) atoms. The quantitative estimate of drug-likeness (QED) is 0.0826. The zero-order chi connectivity index (χ0) is 54.0. The van der Waals surface area contributed by atoms with E-state index in [9.17, 15) is 47.9 Å². The molecule has 2 fully saturated rings. The van der Waals surface area contributed by atoms with E-state index in [0.29, 0.717) is 24.8 Å². The molecule has 1 aromatic heterocycles. The maximum Gasteiger partial charge on any atom is 0.407 e. The lowest BCUT2D eigenvalue weighted by Gasteiger charge is -2.34. The summed E-state index contributed by atoms with van der Waals surface area (Å²) in [4.78, 5) is 148. The Morgan fingerprint density at radius 3 is 2.12 bits per heavy atom. The van der Waals surface area contributed by atoms with Gasteiger partial charge in [-0.05, 0) is 41.7 Å². The lowest BCUT2D eigenvalue weighted by Crippen LogP contribution is -2.51. The highest BCUT2D eigenvalue weighted by Gasteiger charge is 2.45. The van der Waals surface area contributed by atoms with Crippen LogP contribution in [0.25, 0.3) is 0 Å². The van der Waals surface area contributed by atoms with Gasteiger partial charge in [0.05, 0.1) is 24.2 Å². The molecule has 1 saturated heterocycles. The highest BCUT2D eigenvalue weighted by molar-refractivity contribution is 6.38. The van der Waals surface area contributed by atoms with Gasteiger partial charge in [0.2, 0.25) is 29.4 Å². The van der Waals surface area contributed by atoms with Gasteiger partial charge in [0.25, 0.3) is 5.91 Å². The molecule has 2 aromatic carbocycles. The van der Waals surface area contributed by atoms with E-state index in [-0.39, 0.29) is 55.8 Å². The number of alkyl carbamates (subject to hydrolysis) is 1. The molecule has 19 nitrogen and oxygen atoms in total. The number of Topliss-reactive ketones (excluding diaryl/α,β-unsaturated/α-hetero) is 4. The molecule has 6 atom stereocenters. The van der Waals surface area contributed by atoms with Crippen LogP contribution >= 0.6 is 0 Å². The summed E-state index contributed by atoms with van der Waals surface area (Å²) in [6, 6.07) is 14.6. The number of rotatable bonds is 25. The fraction of sp³-hybridized carbons (Fsp3) is 0.527. The summed E-state index contributed by atoms with van der Waals surface area (Å²) in [6.07, 6.45) is 6.48. The molecule has 398 valence electrons. The van der Waals surface area contributed by atoms with E-state index in [1.165, 1.54) is 28.4 Å². The Hall–Kier alpha value is -7.18. The highest BCUT2D eigenvalue weighted by atomic mass is 16.5. The second-order valence-corrected chi connectivity index (χ2v) is 20.6. The molecule has 3 aromatic rings. The summed E-state index contributed by atoms with van der Waals surface area (Å²) in [5, 5.41) is 11.0. The number of nitrogens with one attached hydrogen (secondary N) is 4. The number of aromatic nitrogens is 2. The van der Waals surface area contributed by atoms with Crippen molar-refractivity contribution in [3.8, 4) is 0 Å². The molecule has 0 spiro atoms. The van der Waals surface area contributed by atoms with E-state index < -0.39 is 114 Å². The number of ketones is 4. The second-order valence-electron chi connectivity index (χ2n) is 20.6. The molecule has 1 aliphatic heterocycles. The first-order valence-electron chi connectivity index (χ1n) is 25.5. The third-order valence-electron chi connectivity index (χ3n) is 13.8. The Morgan fingerprint density at radius 1 is 0.824 bits per heavy atom. The normalized spacial score (nSPS) is 17.4. The van der Waals surface area contributed by atoms with Crippen LogP contribution in [0.3, 0.4) is 0 Å². The van der Waals surface area contributed by atoms with Crippen LogP contribution in [0, 0.1) is 29.1 Å². The van der Waals surface area contributed by atoms with Crippen LogP contribution < -0.4 is 21.3 Å². The van der Waals surface area contributed by atoms with Crippen molar-refractivity contribution in [3.05, 3.63) is 96.1 Å². The van der Waals surface area contributed by atoms with Crippen LogP contribution in [0.1, 0.15) is 126 Å². The van der Waals surface area contributed by atoms with Gasteiger partial charge in [-0.2, -0.15) is 0 Å².